The predicted molar refractivity (Wildman–Crippen MR) is 54.6 cm³/mol. The number of ether oxygens (including phenoxy) is 1. The summed E-state index contributed by atoms with van der Waals surface area (Å²) >= 11 is 0. The van der Waals surface area contributed by atoms with Crippen molar-refractivity contribution in [1.29, 1.82) is 0 Å². The Morgan fingerprint density at radius 2 is 2.12 bits per heavy atom. The van der Waals surface area contributed by atoms with E-state index in [1.54, 1.807) is 0 Å². The fourth-order valence-electron chi connectivity index (χ4n) is 1.81. The molecule has 0 radical (unpaired) electrons. The number of fused-ring (bicyclic) bond motifs is 1. The van der Waals surface area contributed by atoms with Crippen molar-refractivity contribution in [2.24, 2.45) is 0 Å². The summed E-state index contributed by atoms with van der Waals surface area (Å²) in [5.41, 5.74) is 0.405. The van der Waals surface area contributed by atoms with Gasteiger partial charge in [-0.3, -0.25) is 4.79 Å². The molecule has 0 bridgehead atoms. The number of aliphatic hydroxyl groups is 1. The first-order valence-electron chi connectivity index (χ1n) is 4.89. The molecule has 0 saturated carbocycles. The number of aliphatic hydroxyl groups excluding tert-OH is 1. The summed E-state index contributed by atoms with van der Waals surface area (Å²) in [6.45, 7) is 1.32. The van der Waals surface area contributed by atoms with Gasteiger partial charge in [0.25, 0.3) is 0 Å². The molecule has 1 aromatic rings. The van der Waals surface area contributed by atoms with Crippen LogP contribution in [0.25, 0.3) is 0 Å². The van der Waals surface area contributed by atoms with E-state index in [1.807, 2.05) is 0 Å². The average Bonchev–Trinajstić information content (AvgIpc) is 2.18. The van der Waals surface area contributed by atoms with E-state index >= 15 is 0 Å². The molecule has 1 aliphatic heterocycles. The van der Waals surface area contributed by atoms with Gasteiger partial charge in [-0.05, 0) is 6.92 Å². The largest absolute Gasteiger partial charge is 0.508 e. The van der Waals surface area contributed by atoms with E-state index in [-0.39, 0.29) is 29.5 Å². The van der Waals surface area contributed by atoms with E-state index in [0.717, 1.165) is 0 Å². The van der Waals surface area contributed by atoms with Crippen molar-refractivity contribution in [3.05, 3.63) is 17.7 Å². The lowest BCUT2D eigenvalue weighted by Gasteiger charge is -2.29. The van der Waals surface area contributed by atoms with Gasteiger partial charge < -0.3 is 20.1 Å². The summed E-state index contributed by atoms with van der Waals surface area (Å²) in [7, 11) is 0. The Morgan fingerprint density at radius 3 is 2.75 bits per heavy atom. The monoisotopic (exact) mass is 224 g/mol. The Kier molecular flexibility index (Phi) is 2.47. The fraction of sp³-hybridized carbons (Fsp3) is 0.364. The smallest absolute Gasteiger partial charge is 0.182 e. The molecule has 5 heteroatoms. The summed E-state index contributed by atoms with van der Waals surface area (Å²) in [6, 6.07) is 2.49. The number of hydrogen-bond donors (Lipinski definition) is 3. The molecule has 16 heavy (non-hydrogen) atoms. The van der Waals surface area contributed by atoms with Crippen LogP contribution in [0.3, 0.4) is 0 Å². The number of Topliss-reactive ketones (excluding diaryl/α,β-unsaturated/α-hetero) is 1. The van der Waals surface area contributed by atoms with Crippen LogP contribution in [0, 0.1) is 0 Å². The zero-order valence-corrected chi connectivity index (χ0v) is 8.67. The van der Waals surface area contributed by atoms with Gasteiger partial charge in [0.2, 0.25) is 0 Å². The second-order valence-electron chi connectivity index (χ2n) is 3.86. The highest BCUT2D eigenvalue weighted by Gasteiger charge is 2.33. The van der Waals surface area contributed by atoms with Crippen LogP contribution in [0.15, 0.2) is 12.1 Å². The number of phenolic OH excluding ortho intramolecular Hbond substituents is 2. The summed E-state index contributed by atoms with van der Waals surface area (Å²) in [6.07, 6.45) is -1.78. The van der Waals surface area contributed by atoms with Gasteiger partial charge in [0.15, 0.2) is 11.9 Å². The van der Waals surface area contributed by atoms with Gasteiger partial charge in [0.1, 0.15) is 23.4 Å². The first-order chi connectivity index (χ1) is 7.49. The molecule has 0 fully saturated rings. The zero-order valence-electron chi connectivity index (χ0n) is 8.67. The highest BCUT2D eigenvalue weighted by atomic mass is 16.5. The standard InChI is InChI=1S/C11H12O5/c1-5(12)11-9(15)4-7-8(14)2-6(13)3-10(7)16-11/h2-3,9,11,13-15H,4H2,1H3/t9-,11-/m0/s1. The minimum atomic E-state index is -0.972. The van der Waals surface area contributed by atoms with Crippen molar-refractivity contribution in [3.8, 4) is 17.2 Å². The maximum Gasteiger partial charge on any atom is 0.182 e. The van der Waals surface area contributed by atoms with Gasteiger partial charge in [0.05, 0.1) is 0 Å². The van der Waals surface area contributed by atoms with Gasteiger partial charge in [-0.25, -0.2) is 0 Å². The van der Waals surface area contributed by atoms with Gasteiger partial charge in [0, 0.05) is 24.1 Å². The maximum absolute atomic E-state index is 11.2. The molecule has 0 amide bonds. The first kappa shape index (κ1) is 10.8. The van der Waals surface area contributed by atoms with Crippen molar-refractivity contribution in [2.45, 2.75) is 25.6 Å². The third-order valence-electron chi connectivity index (χ3n) is 2.59. The van der Waals surface area contributed by atoms with Crippen LogP contribution in [0.2, 0.25) is 0 Å². The lowest BCUT2D eigenvalue weighted by atomic mass is 9.96. The van der Waals surface area contributed by atoms with Crippen LogP contribution < -0.4 is 4.74 Å². The van der Waals surface area contributed by atoms with Gasteiger partial charge in [-0.1, -0.05) is 0 Å². The molecule has 0 unspecified atom stereocenters. The molecule has 5 nitrogen and oxygen atoms in total. The van der Waals surface area contributed by atoms with Gasteiger partial charge in [-0.15, -0.1) is 0 Å². The van der Waals surface area contributed by atoms with Crippen LogP contribution in [0.4, 0.5) is 0 Å². The Bertz CT molecular complexity index is 440. The maximum atomic E-state index is 11.2. The highest BCUT2D eigenvalue weighted by molar-refractivity contribution is 5.82. The van der Waals surface area contributed by atoms with E-state index < -0.39 is 12.2 Å². The number of aromatic hydroxyl groups is 2. The summed E-state index contributed by atoms with van der Waals surface area (Å²) in [5, 5.41) is 28.5. The Labute approximate surface area is 91.9 Å². The SMILES string of the molecule is CC(=O)[C@@H]1Oc2cc(O)cc(O)c2C[C@@H]1O. The number of carbonyl (C=O) groups is 1. The molecule has 1 aliphatic rings. The second kappa shape index (κ2) is 3.68. The molecule has 3 N–H and O–H groups in total. The quantitative estimate of drug-likeness (QED) is 0.640. The van der Waals surface area contributed by atoms with Crippen LogP contribution in [-0.2, 0) is 11.2 Å². The lowest BCUT2D eigenvalue weighted by molar-refractivity contribution is -0.129. The Balaban J connectivity index is 2.43. The molecule has 2 atom stereocenters. The van der Waals surface area contributed by atoms with Gasteiger partial charge in [-0.2, -0.15) is 0 Å². The number of hydrogen-bond acceptors (Lipinski definition) is 5. The number of carbonyl (C=O) groups excluding carboxylic acids is 1. The molecule has 2 rings (SSSR count). The number of benzene rings is 1. The third-order valence-corrected chi connectivity index (χ3v) is 2.59. The summed E-state index contributed by atoms with van der Waals surface area (Å²) in [5.74, 6) is -0.338. The molecular weight excluding hydrogens is 212 g/mol. The topological polar surface area (TPSA) is 87.0 Å². The minimum Gasteiger partial charge on any atom is -0.508 e. The lowest BCUT2D eigenvalue weighted by Crippen LogP contribution is -2.42. The molecule has 0 spiro atoms. The zero-order chi connectivity index (χ0) is 11.9. The Hall–Kier alpha value is -1.75. The Morgan fingerprint density at radius 1 is 1.44 bits per heavy atom. The van der Waals surface area contributed by atoms with Crippen LogP contribution in [-0.4, -0.2) is 33.3 Å². The highest BCUT2D eigenvalue weighted by Crippen LogP contribution is 2.37. The van der Waals surface area contributed by atoms with E-state index in [9.17, 15) is 20.1 Å². The molecule has 0 aromatic heterocycles. The minimum absolute atomic E-state index is 0.131. The summed E-state index contributed by atoms with van der Waals surface area (Å²) < 4.78 is 5.25. The first-order valence-corrected chi connectivity index (χ1v) is 4.89. The van der Waals surface area contributed by atoms with Crippen molar-refractivity contribution >= 4 is 5.78 Å². The van der Waals surface area contributed by atoms with E-state index in [2.05, 4.69) is 0 Å². The number of ketones is 1. The molecule has 0 saturated heterocycles. The van der Waals surface area contributed by atoms with Crippen molar-refractivity contribution in [2.75, 3.05) is 0 Å². The number of rotatable bonds is 1. The number of phenols is 2. The van der Waals surface area contributed by atoms with Crippen LogP contribution in [0.5, 0.6) is 17.2 Å². The average molecular weight is 224 g/mol. The molecule has 0 aliphatic carbocycles. The second-order valence-corrected chi connectivity index (χ2v) is 3.86. The van der Waals surface area contributed by atoms with Crippen molar-refractivity contribution in [1.82, 2.24) is 0 Å². The normalized spacial score (nSPS) is 23.4. The van der Waals surface area contributed by atoms with E-state index in [4.69, 9.17) is 4.74 Å². The van der Waals surface area contributed by atoms with E-state index in [0.29, 0.717) is 5.56 Å². The molecule has 1 aromatic carbocycles. The van der Waals surface area contributed by atoms with Crippen LogP contribution >= 0.6 is 0 Å². The summed E-state index contributed by atoms with van der Waals surface area (Å²) in [4.78, 5) is 11.2. The van der Waals surface area contributed by atoms with Crippen molar-refractivity contribution < 1.29 is 24.9 Å². The molecular formula is C11H12O5. The van der Waals surface area contributed by atoms with Crippen molar-refractivity contribution in [3.63, 3.8) is 0 Å². The molecule has 1 heterocycles. The van der Waals surface area contributed by atoms with E-state index in [1.165, 1.54) is 19.1 Å². The van der Waals surface area contributed by atoms with Gasteiger partial charge >= 0.3 is 0 Å². The fourth-order valence-corrected chi connectivity index (χ4v) is 1.81. The predicted octanol–water partition coefficient (Wildman–Crippen LogP) is 0.351. The molecule has 86 valence electrons. The van der Waals surface area contributed by atoms with Crippen LogP contribution in [0.1, 0.15) is 12.5 Å². The third kappa shape index (κ3) is 1.69.